The van der Waals surface area contributed by atoms with Gasteiger partial charge in [-0.05, 0) is 67.2 Å². The van der Waals surface area contributed by atoms with Crippen molar-refractivity contribution in [2.45, 2.75) is 43.9 Å². The Morgan fingerprint density at radius 2 is 1.91 bits per heavy atom. The first-order valence-corrected chi connectivity index (χ1v) is 13.2. The minimum atomic E-state index is -3.83. The van der Waals surface area contributed by atoms with Gasteiger partial charge >= 0.3 is 0 Å². The van der Waals surface area contributed by atoms with E-state index in [9.17, 15) is 23.1 Å². The maximum atomic E-state index is 12.6. The van der Waals surface area contributed by atoms with Crippen molar-refractivity contribution in [1.82, 2.24) is 10.0 Å². The maximum Gasteiger partial charge on any atom is 0.264 e. The van der Waals surface area contributed by atoms with E-state index < -0.39 is 20.5 Å². The maximum absolute atomic E-state index is 12.6. The lowest BCUT2D eigenvalue weighted by molar-refractivity contribution is -0.131. The van der Waals surface area contributed by atoms with Gasteiger partial charge in [0.05, 0.1) is 0 Å². The molecule has 0 radical (unpaired) electrons. The highest BCUT2D eigenvalue weighted by atomic mass is 32.2. The second kappa shape index (κ2) is 10.7. The summed E-state index contributed by atoms with van der Waals surface area (Å²) in [5, 5.41) is 18.2. The predicted octanol–water partition coefficient (Wildman–Crippen LogP) is 2.64. The first-order valence-electron chi connectivity index (χ1n) is 11.3. The van der Waals surface area contributed by atoms with Crippen LogP contribution in [0.5, 0.6) is 0 Å². The average molecular weight is 489 g/mol. The summed E-state index contributed by atoms with van der Waals surface area (Å²) >= 11 is 0. The third-order valence-corrected chi connectivity index (χ3v) is 8.90. The molecule has 0 spiro atoms. The van der Waals surface area contributed by atoms with E-state index in [-0.39, 0.29) is 25.1 Å². The van der Waals surface area contributed by atoms with Crippen LogP contribution in [-0.2, 0) is 21.2 Å². The number of aliphatic hydroxyl groups is 1. The van der Waals surface area contributed by atoms with Crippen LogP contribution in [0.25, 0.3) is 17.2 Å². The summed E-state index contributed by atoms with van der Waals surface area (Å²) in [7, 11) is -3.83. The van der Waals surface area contributed by atoms with Crippen molar-refractivity contribution >= 4 is 21.8 Å². The lowest BCUT2D eigenvalue weighted by atomic mass is 10.0. The molecule has 0 bridgehead atoms. The van der Waals surface area contributed by atoms with Gasteiger partial charge in [-0.2, -0.15) is 0 Å². The van der Waals surface area contributed by atoms with Crippen molar-refractivity contribution in [3.05, 3.63) is 64.6 Å². The molecule has 0 saturated heterocycles. The van der Waals surface area contributed by atoms with Gasteiger partial charge in [0.2, 0.25) is 0 Å². The SMILES string of the molecule is CC(CCn1ccc(-c2ccc(C=CC3CCC(CO)C3)cc2)cc1=O)(C(=O)NO)S(C)(=O)=O. The molecule has 0 aliphatic heterocycles. The lowest BCUT2D eigenvalue weighted by Gasteiger charge is -2.25. The third kappa shape index (κ3) is 5.84. The van der Waals surface area contributed by atoms with Gasteiger partial charge in [0.25, 0.3) is 11.5 Å². The quantitative estimate of drug-likeness (QED) is 0.368. The number of carbonyl (C=O) groups is 1. The summed E-state index contributed by atoms with van der Waals surface area (Å²) < 4.78 is 23.7. The molecule has 3 N–H and O–H groups in total. The van der Waals surface area contributed by atoms with Crippen molar-refractivity contribution in [3.8, 4) is 11.1 Å². The van der Waals surface area contributed by atoms with Gasteiger partial charge in [-0.1, -0.05) is 36.4 Å². The first-order chi connectivity index (χ1) is 16.1. The van der Waals surface area contributed by atoms with Crippen molar-refractivity contribution in [1.29, 1.82) is 0 Å². The Hall–Kier alpha value is -2.75. The Morgan fingerprint density at radius 1 is 1.21 bits per heavy atom. The van der Waals surface area contributed by atoms with Gasteiger partial charge in [-0.15, -0.1) is 0 Å². The number of rotatable bonds is 9. The lowest BCUT2D eigenvalue weighted by Crippen LogP contribution is -2.49. The van der Waals surface area contributed by atoms with Gasteiger partial charge in [0.1, 0.15) is 0 Å². The van der Waals surface area contributed by atoms with E-state index >= 15 is 0 Å². The molecule has 3 rings (SSSR count). The van der Waals surface area contributed by atoms with E-state index in [1.165, 1.54) is 23.0 Å². The van der Waals surface area contributed by atoms with Crippen LogP contribution in [0, 0.1) is 11.8 Å². The number of nitrogens with one attached hydrogen (secondary N) is 1. The molecule has 1 aliphatic rings. The fourth-order valence-corrected chi connectivity index (χ4v) is 5.12. The molecule has 1 heterocycles. The number of nitrogens with zero attached hydrogens (tertiary/aromatic N) is 1. The van der Waals surface area contributed by atoms with Crippen molar-refractivity contribution in [2.24, 2.45) is 11.8 Å². The second-order valence-electron chi connectivity index (χ2n) is 9.24. The van der Waals surface area contributed by atoms with Crippen molar-refractivity contribution in [3.63, 3.8) is 0 Å². The molecule has 1 aromatic carbocycles. The van der Waals surface area contributed by atoms with Gasteiger partial charge < -0.3 is 9.67 Å². The number of amides is 1. The van der Waals surface area contributed by atoms with Gasteiger partial charge in [-0.25, -0.2) is 13.9 Å². The zero-order chi connectivity index (χ0) is 24.9. The molecule has 2 aromatic rings. The molecule has 1 fully saturated rings. The molecule has 1 amide bonds. The molecular formula is C25H32N2O6S. The minimum absolute atomic E-state index is 0.00184. The Morgan fingerprint density at radius 3 is 2.47 bits per heavy atom. The van der Waals surface area contributed by atoms with Crippen LogP contribution in [0.1, 0.15) is 38.2 Å². The molecule has 1 saturated carbocycles. The number of carbonyl (C=O) groups excluding carboxylic acids is 1. The summed E-state index contributed by atoms with van der Waals surface area (Å²) in [5.41, 5.74) is 3.76. The smallest absolute Gasteiger partial charge is 0.264 e. The largest absolute Gasteiger partial charge is 0.396 e. The number of aliphatic hydroxyl groups excluding tert-OH is 1. The normalized spacial score (nSPS) is 20.4. The standard InChI is InChI=1S/C25H32N2O6S/c1-25(24(30)26-31,34(2,32)33)12-14-27-13-11-22(16-23(27)29)21-9-7-18(8-10-21)3-4-19-5-6-20(15-19)17-28/h3-4,7-11,13,16,19-20,28,31H,5-6,12,14-15,17H2,1-2H3,(H,26,30). The number of aryl methyl sites for hydroxylation is 1. The molecule has 34 heavy (non-hydrogen) atoms. The summed E-state index contributed by atoms with van der Waals surface area (Å²) in [6.45, 7) is 1.48. The van der Waals surface area contributed by atoms with Crippen molar-refractivity contribution in [2.75, 3.05) is 12.9 Å². The van der Waals surface area contributed by atoms with E-state index in [1.54, 1.807) is 12.3 Å². The van der Waals surface area contributed by atoms with Gasteiger partial charge in [0.15, 0.2) is 14.6 Å². The second-order valence-corrected chi connectivity index (χ2v) is 11.7. The number of benzene rings is 1. The Kier molecular flexibility index (Phi) is 8.12. The molecule has 1 aromatic heterocycles. The zero-order valence-electron chi connectivity index (χ0n) is 19.5. The van der Waals surface area contributed by atoms with Crippen molar-refractivity contribution < 1.29 is 23.5 Å². The fraction of sp³-hybridized carbons (Fsp3) is 0.440. The fourth-order valence-electron chi connectivity index (χ4n) is 4.28. The summed E-state index contributed by atoms with van der Waals surface area (Å²) in [5.74, 6) is -0.126. The van der Waals surface area contributed by atoms with Crippen LogP contribution in [0.15, 0.2) is 53.5 Å². The van der Waals surface area contributed by atoms with Crippen LogP contribution in [0.3, 0.4) is 0 Å². The van der Waals surface area contributed by atoms with Gasteiger partial charge in [0, 0.05) is 31.7 Å². The summed E-state index contributed by atoms with van der Waals surface area (Å²) in [4.78, 5) is 24.6. The number of hydrogen-bond donors (Lipinski definition) is 3. The highest BCUT2D eigenvalue weighted by molar-refractivity contribution is 7.92. The predicted molar refractivity (Wildman–Crippen MR) is 131 cm³/mol. The highest BCUT2D eigenvalue weighted by Crippen LogP contribution is 2.32. The van der Waals surface area contributed by atoms with Gasteiger partial charge in [-0.3, -0.25) is 14.8 Å². The Balaban J connectivity index is 1.69. The van der Waals surface area contributed by atoms with Crippen LogP contribution in [-0.4, -0.2) is 46.8 Å². The number of hydrogen-bond acceptors (Lipinski definition) is 6. The number of pyridine rings is 1. The van der Waals surface area contributed by atoms with Crippen LogP contribution >= 0.6 is 0 Å². The van der Waals surface area contributed by atoms with E-state index in [0.29, 0.717) is 11.8 Å². The zero-order valence-corrected chi connectivity index (χ0v) is 20.3. The monoisotopic (exact) mass is 488 g/mol. The Bertz CT molecular complexity index is 1200. The number of aromatic nitrogens is 1. The van der Waals surface area contributed by atoms with E-state index in [4.69, 9.17) is 5.21 Å². The molecule has 1 aliphatic carbocycles. The van der Waals surface area contributed by atoms with E-state index in [2.05, 4.69) is 12.2 Å². The number of hydroxylamine groups is 1. The van der Waals surface area contributed by atoms with E-state index in [0.717, 1.165) is 42.2 Å². The molecule has 184 valence electrons. The van der Waals surface area contributed by atoms with Crippen LogP contribution < -0.4 is 11.0 Å². The summed E-state index contributed by atoms with van der Waals surface area (Å²) in [6.07, 6.45) is 9.81. The average Bonchev–Trinajstić information content (AvgIpc) is 3.29. The van der Waals surface area contributed by atoms with Crippen LogP contribution in [0.2, 0.25) is 0 Å². The third-order valence-electron chi connectivity index (χ3n) is 6.87. The number of allylic oxidation sites excluding steroid dienone is 1. The number of sulfone groups is 1. The minimum Gasteiger partial charge on any atom is -0.396 e. The molecule has 3 unspecified atom stereocenters. The summed E-state index contributed by atoms with van der Waals surface area (Å²) in [6, 6.07) is 11.1. The topological polar surface area (TPSA) is 126 Å². The Labute approximate surface area is 199 Å². The molecular weight excluding hydrogens is 456 g/mol. The van der Waals surface area contributed by atoms with E-state index in [1.807, 2.05) is 24.3 Å². The first kappa shape index (κ1) is 25.9. The molecule has 9 heteroatoms. The highest BCUT2D eigenvalue weighted by Gasteiger charge is 2.43. The molecule has 3 atom stereocenters. The van der Waals surface area contributed by atoms with Crippen LogP contribution in [0.4, 0.5) is 0 Å². The molecule has 8 nitrogen and oxygen atoms in total.